The van der Waals surface area contributed by atoms with Gasteiger partial charge in [-0.1, -0.05) is 41.3 Å². The predicted octanol–water partition coefficient (Wildman–Crippen LogP) is 3.30. The molecule has 3 aromatic rings. The SMILES string of the molecule is CNc1nnc(SCC(=O)N[C@@H](C)c2cc3ccccc3o2)s1. The van der Waals surface area contributed by atoms with Crippen LogP contribution in [0.1, 0.15) is 18.7 Å². The van der Waals surface area contributed by atoms with E-state index in [1.165, 1.54) is 23.1 Å². The van der Waals surface area contributed by atoms with Crippen molar-refractivity contribution in [3.8, 4) is 0 Å². The molecule has 0 unspecified atom stereocenters. The molecule has 0 saturated heterocycles. The van der Waals surface area contributed by atoms with E-state index in [1.807, 2.05) is 37.3 Å². The number of aromatic nitrogens is 2. The second-order valence-corrected chi connectivity index (χ2v) is 7.09. The highest BCUT2D eigenvalue weighted by Crippen LogP contribution is 2.26. The summed E-state index contributed by atoms with van der Waals surface area (Å²) in [5, 5.41) is 15.6. The van der Waals surface area contributed by atoms with E-state index in [0.717, 1.165) is 26.2 Å². The standard InChI is InChI=1S/C15H16N4O2S2/c1-9(12-7-10-5-3-4-6-11(10)21-12)17-13(20)8-22-15-19-18-14(16-2)23-15/h3-7,9H,8H2,1-2H3,(H,16,18)(H,17,20)/t9-/m0/s1. The molecule has 0 fully saturated rings. The van der Waals surface area contributed by atoms with Crippen LogP contribution in [0.3, 0.4) is 0 Å². The molecule has 0 aliphatic rings. The molecule has 0 spiro atoms. The number of thioether (sulfide) groups is 1. The third-order valence-corrected chi connectivity index (χ3v) is 5.27. The van der Waals surface area contributed by atoms with E-state index in [4.69, 9.17) is 4.42 Å². The van der Waals surface area contributed by atoms with Crippen LogP contribution >= 0.6 is 23.1 Å². The third-order valence-electron chi connectivity index (χ3n) is 3.20. The van der Waals surface area contributed by atoms with Gasteiger partial charge < -0.3 is 15.1 Å². The summed E-state index contributed by atoms with van der Waals surface area (Å²) >= 11 is 2.79. The lowest BCUT2D eigenvalue weighted by Crippen LogP contribution is -2.27. The van der Waals surface area contributed by atoms with Gasteiger partial charge in [-0.25, -0.2) is 0 Å². The Labute approximate surface area is 141 Å². The number of anilines is 1. The lowest BCUT2D eigenvalue weighted by molar-refractivity contribution is -0.119. The second-order valence-electron chi connectivity index (χ2n) is 4.89. The van der Waals surface area contributed by atoms with Gasteiger partial charge in [0.1, 0.15) is 11.3 Å². The molecule has 2 heterocycles. The molecule has 0 bridgehead atoms. The minimum absolute atomic E-state index is 0.0656. The molecule has 3 rings (SSSR count). The number of fused-ring (bicyclic) bond motifs is 1. The number of para-hydroxylation sites is 1. The molecular weight excluding hydrogens is 332 g/mol. The first-order valence-electron chi connectivity index (χ1n) is 7.07. The van der Waals surface area contributed by atoms with Crippen LogP contribution in [-0.4, -0.2) is 28.9 Å². The zero-order chi connectivity index (χ0) is 16.2. The molecule has 0 saturated carbocycles. The summed E-state index contributed by atoms with van der Waals surface area (Å²) in [5.41, 5.74) is 0.825. The third kappa shape index (κ3) is 3.83. The van der Waals surface area contributed by atoms with Gasteiger partial charge in [-0.3, -0.25) is 4.79 Å². The van der Waals surface area contributed by atoms with Crippen LogP contribution in [0.15, 0.2) is 39.1 Å². The number of hydrogen-bond acceptors (Lipinski definition) is 7. The number of carbonyl (C=O) groups excluding carboxylic acids is 1. The Morgan fingerprint density at radius 1 is 1.39 bits per heavy atom. The summed E-state index contributed by atoms with van der Waals surface area (Å²) in [6.45, 7) is 1.91. The van der Waals surface area contributed by atoms with Gasteiger partial charge in [0.25, 0.3) is 0 Å². The number of amides is 1. The first kappa shape index (κ1) is 15.8. The monoisotopic (exact) mass is 348 g/mol. The molecule has 1 aromatic carbocycles. The number of nitrogens with zero attached hydrogens (tertiary/aromatic N) is 2. The summed E-state index contributed by atoms with van der Waals surface area (Å²) in [7, 11) is 1.79. The van der Waals surface area contributed by atoms with Gasteiger partial charge in [0.15, 0.2) is 4.34 Å². The number of benzene rings is 1. The van der Waals surface area contributed by atoms with Crippen molar-refractivity contribution < 1.29 is 9.21 Å². The summed E-state index contributed by atoms with van der Waals surface area (Å²) in [4.78, 5) is 12.1. The van der Waals surface area contributed by atoms with E-state index in [9.17, 15) is 4.79 Å². The zero-order valence-electron chi connectivity index (χ0n) is 12.7. The van der Waals surface area contributed by atoms with E-state index in [2.05, 4.69) is 20.8 Å². The zero-order valence-corrected chi connectivity index (χ0v) is 14.3. The van der Waals surface area contributed by atoms with Crippen molar-refractivity contribution in [1.29, 1.82) is 0 Å². The highest BCUT2D eigenvalue weighted by atomic mass is 32.2. The number of furan rings is 1. The molecule has 2 aromatic heterocycles. The maximum atomic E-state index is 12.1. The molecule has 0 radical (unpaired) electrons. The maximum absolute atomic E-state index is 12.1. The highest BCUT2D eigenvalue weighted by Gasteiger charge is 2.15. The summed E-state index contributed by atoms with van der Waals surface area (Å²) in [5.74, 6) is 0.977. The van der Waals surface area contributed by atoms with Gasteiger partial charge >= 0.3 is 0 Å². The van der Waals surface area contributed by atoms with Crippen molar-refractivity contribution in [2.24, 2.45) is 0 Å². The van der Waals surface area contributed by atoms with Crippen LogP contribution in [0.5, 0.6) is 0 Å². The molecule has 2 N–H and O–H groups in total. The Hall–Kier alpha value is -2.06. The molecule has 23 heavy (non-hydrogen) atoms. The lowest BCUT2D eigenvalue weighted by atomic mass is 10.2. The summed E-state index contributed by atoms with van der Waals surface area (Å²) in [6.07, 6.45) is 0. The van der Waals surface area contributed by atoms with Crippen LogP contribution in [0, 0.1) is 0 Å². The van der Waals surface area contributed by atoms with E-state index in [-0.39, 0.29) is 11.9 Å². The number of rotatable bonds is 6. The average Bonchev–Trinajstić information content (AvgIpc) is 3.19. The van der Waals surface area contributed by atoms with Crippen molar-refractivity contribution in [2.75, 3.05) is 18.1 Å². The van der Waals surface area contributed by atoms with Crippen LogP contribution < -0.4 is 10.6 Å². The van der Waals surface area contributed by atoms with Crippen LogP contribution in [0.4, 0.5) is 5.13 Å². The summed E-state index contributed by atoms with van der Waals surface area (Å²) in [6, 6.07) is 9.56. The average molecular weight is 348 g/mol. The highest BCUT2D eigenvalue weighted by molar-refractivity contribution is 8.01. The number of nitrogens with one attached hydrogen (secondary N) is 2. The van der Waals surface area contributed by atoms with E-state index < -0.39 is 0 Å². The Balaban J connectivity index is 1.56. The Kier molecular flexibility index (Phi) is 4.82. The topological polar surface area (TPSA) is 80.0 Å². The van der Waals surface area contributed by atoms with E-state index >= 15 is 0 Å². The maximum Gasteiger partial charge on any atom is 0.231 e. The molecule has 0 aliphatic carbocycles. The normalized spacial score (nSPS) is 12.3. The lowest BCUT2D eigenvalue weighted by Gasteiger charge is -2.10. The van der Waals surface area contributed by atoms with Crippen molar-refractivity contribution >= 4 is 45.1 Å². The van der Waals surface area contributed by atoms with Gasteiger partial charge in [-0.15, -0.1) is 10.2 Å². The van der Waals surface area contributed by atoms with E-state index in [0.29, 0.717) is 5.75 Å². The van der Waals surface area contributed by atoms with Gasteiger partial charge in [-0.05, 0) is 19.1 Å². The van der Waals surface area contributed by atoms with Crippen LogP contribution in [0.25, 0.3) is 11.0 Å². The van der Waals surface area contributed by atoms with Gasteiger partial charge in [0.05, 0.1) is 11.8 Å². The number of carbonyl (C=O) groups is 1. The van der Waals surface area contributed by atoms with Gasteiger partial charge in [0, 0.05) is 12.4 Å². The Bertz CT molecular complexity index is 782. The Morgan fingerprint density at radius 2 is 2.22 bits per heavy atom. The quantitative estimate of drug-likeness (QED) is 0.665. The fraction of sp³-hybridized carbons (Fsp3) is 0.267. The molecule has 0 aliphatic heterocycles. The first-order chi connectivity index (χ1) is 11.2. The first-order valence-corrected chi connectivity index (χ1v) is 8.88. The minimum Gasteiger partial charge on any atom is -0.459 e. The Morgan fingerprint density at radius 3 is 2.96 bits per heavy atom. The molecule has 1 amide bonds. The van der Waals surface area contributed by atoms with Crippen molar-refractivity contribution in [1.82, 2.24) is 15.5 Å². The molecular formula is C15H16N4O2S2. The smallest absolute Gasteiger partial charge is 0.231 e. The van der Waals surface area contributed by atoms with Crippen molar-refractivity contribution in [3.05, 3.63) is 36.1 Å². The van der Waals surface area contributed by atoms with Gasteiger partial charge in [0.2, 0.25) is 11.0 Å². The van der Waals surface area contributed by atoms with Crippen LogP contribution in [0.2, 0.25) is 0 Å². The fourth-order valence-corrected chi connectivity index (χ4v) is 3.58. The largest absolute Gasteiger partial charge is 0.459 e. The van der Waals surface area contributed by atoms with Crippen LogP contribution in [-0.2, 0) is 4.79 Å². The minimum atomic E-state index is -0.183. The van der Waals surface area contributed by atoms with Crippen molar-refractivity contribution in [3.63, 3.8) is 0 Å². The second kappa shape index (κ2) is 7.01. The summed E-state index contributed by atoms with van der Waals surface area (Å²) < 4.78 is 6.53. The molecule has 8 heteroatoms. The predicted molar refractivity (Wildman–Crippen MR) is 93.0 cm³/mol. The number of hydrogen-bond donors (Lipinski definition) is 2. The fourth-order valence-electron chi connectivity index (χ4n) is 2.07. The molecule has 6 nitrogen and oxygen atoms in total. The van der Waals surface area contributed by atoms with E-state index in [1.54, 1.807) is 7.05 Å². The molecule has 120 valence electrons. The van der Waals surface area contributed by atoms with Gasteiger partial charge in [-0.2, -0.15) is 0 Å². The molecule has 1 atom stereocenters. The van der Waals surface area contributed by atoms with Crippen molar-refractivity contribution in [2.45, 2.75) is 17.3 Å².